The van der Waals surface area contributed by atoms with E-state index < -0.39 is 6.04 Å². The topological polar surface area (TPSA) is 55.1 Å². The molecule has 1 rings (SSSR count). The van der Waals surface area contributed by atoms with Gasteiger partial charge in [-0.25, -0.2) is 0 Å². The SMILES string of the molecule is C#CCC(N)C(=O)N[C@H](C)C1CCCCC1. The Bertz CT molecular complexity index is 264. The van der Waals surface area contributed by atoms with E-state index in [1.807, 2.05) is 0 Å². The second-order valence-corrected chi connectivity index (χ2v) is 4.71. The number of hydrogen-bond acceptors (Lipinski definition) is 2. The molecule has 0 aromatic rings. The first-order valence-electron chi connectivity index (χ1n) is 6.14. The Morgan fingerprint density at radius 2 is 2.12 bits per heavy atom. The third-order valence-electron chi connectivity index (χ3n) is 3.40. The first-order chi connectivity index (χ1) is 7.65. The summed E-state index contributed by atoms with van der Waals surface area (Å²) in [5, 5.41) is 2.97. The summed E-state index contributed by atoms with van der Waals surface area (Å²) >= 11 is 0. The average molecular weight is 222 g/mol. The van der Waals surface area contributed by atoms with Gasteiger partial charge < -0.3 is 11.1 Å². The van der Waals surface area contributed by atoms with E-state index in [9.17, 15) is 4.79 Å². The summed E-state index contributed by atoms with van der Waals surface area (Å²) in [7, 11) is 0. The minimum atomic E-state index is -0.559. The highest BCUT2D eigenvalue weighted by atomic mass is 16.2. The maximum atomic E-state index is 11.7. The van der Waals surface area contributed by atoms with Crippen molar-refractivity contribution in [3.05, 3.63) is 0 Å². The Morgan fingerprint density at radius 1 is 1.50 bits per heavy atom. The van der Waals surface area contributed by atoms with Crippen LogP contribution in [0.2, 0.25) is 0 Å². The second kappa shape index (κ2) is 6.55. The molecule has 0 heterocycles. The van der Waals surface area contributed by atoms with Crippen LogP contribution in [0.1, 0.15) is 45.4 Å². The molecule has 0 aromatic heterocycles. The molecule has 90 valence electrons. The van der Waals surface area contributed by atoms with Crippen LogP contribution < -0.4 is 11.1 Å². The Kier molecular flexibility index (Phi) is 5.34. The van der Waals surface area contributed by atoms with E-state index in [2.05, 4.69) is 18.2 Å². The lowest BCUT2D eigenvalue weighted by Crippen LogP contribution is -2.47. The fourth-order valence-corrected chi connectivity index (χ4v) is 2.30. The summed E-state index contributed by atoms with van der Waals surface area (Å²) in [5.74, 6) is 2.91. The number of rotatable bonds is 4. The molecule has 2 atom stereocenters. The number of terminal acetylenes is 1. The van der Waals surface area contributed by atoms with Crippen LogP contribution in [0, 0.1) is 18.3 Å². The number of nitrogens with two attached hydrogens (primary N) is 1. The van der Waals surface area contributed by atoms with Crippen molar-refractivity contribution in [2.24, 2.45) is 11.7 Å². The minimum absolute atomic E-state index is 0.115. The van der Waals surface area contributed by atoms with Crippen molar-refractivity contribution in [2.45, 2.75) is 57.5 Å². The summed E-state index contributed by atoms with van der Waals surface area (Å²) in [4.78, 5) is 11.7. The molecule has 0 aromatic carbocycles. The maximum absolute atomic E-state index is 11.7. The summed E-state index contributed by atoms with van der Waals surface area (Å²) in [6.45, 7) is 2.07. The number of amides is 1. The van der Waals surface area contributed by atoms with Gasteiger partial charge in [0.25, 0.3) is 0 Å². The zero-order valence-corrected chi connectivity index (χ0v) is 10.0. The van der Waals surface area contributed by atoms with Gasteiger partial charge in [-0.15, -0.1) is 12.3 Å². The molecule has 1 aliphatic rings. The zero-order valence-electron chi connectivity index (χ0n) is 10.0. The summed E-state index contributed by atoms with van der Waals surface area (Å²) in [6.07, 6.45) is 11.8. The van der Waals surface area contributed by atoms with Crippen LogP contribution in [0.3, 0.4) is 0 Å². The van der Waals surface area contributed by atoms with E-state index in [-0.39, 0.29) is 11.9 Å². The van der Waals surface area contributed by atoms with Crippen LogP contribution in [0.4, 0.5) is 0 Å². The standard InChI is InChI=1S/C13H22N2O/c1-3-7-12(14)13(16)15-10(2)11-8-5-4-6-9-11/h1,10-12H,4-9,14H2,2H3,(H,15,16)/t10-,12?/m1/s1. The predicted molar refractivity (Wildman–Crippen MR) is 65.6 cm³/mol. The van der Waals surface area contributed by atoms with Gasteiger partial charge in [0.2, 0.25) is 5.91 Å². The van der Waals surface area contributed by atoms with Crippen LogP contribution in [-0.4, -0.2) is 18.0 Å². The molecule has 0 spiro atoms. The lowest BCUT2D eigenvalue weighted by atomic mass is 9.84. The quantitative estimate of drug-likeness (QED) is 0.707. The molecule has 3 nitrogen and oxygen atoms in total. The fraction of sp³-hybridized carbons (Fsp3) is 0.769. The van der Waals surface area contributed by atoms with E-state index in [1.54, 1.807) is 0 Å². The summed E-state index contributed by atoms with van der Waals surface area (Å²) in [5.41, 5.74) is 5.65. The van der Waals surface area contributed by atoms with Crippen LogP contribution in [-0.2, 0) is 4.79 Å². The van der Waals surface area contributed by atoms with Crippen LogP contribution in [0.15, 0.2) is 0 Å². The summed E-state index contributed by atoms with van der Waals surface area (Å²) < 4.78 is 0. The van der Waals surface area contributed by atoms with Gasteiger partial charge in [-0.2, -0.15) is 0 Å². The molecular formula is C13H22N2O. The molecule has 0 aliphatic heterocycles. The van der Waals surface area contributed by atoms with Crippen molar-refractivity contribution in [1.82, 2.24) is 5.32 Å². The molecule has 1 fully saturated rings. The lowest BCUT2D eigenvalue weighted by molar-refractivity contribution is -0.123. The van der Waals surface area contributed by atoms with Gasteiger partial charge in [0, 0.05) is 12.5 Å². The van der Waals surface area contributed by atoms with Gasteiger partial charge in [0.1, 0.15) is 0 Å². The molecule has 3 heteroatoms. The van der Waals surface area contributed by atoms with Crippen molar-refractivity contribution < 1.29 is 4.79 Å². The molecule has 16 heavy (non-hydrogen) atoms. The van der Waals surface area contributed by atoms with E-state index in [0.29, 0.717) is 12.3 Å². The van der Waals surface area contributed by atoms with Gasteiger partial charge in [-0.1, -0.05) is 19.3 Å². The number of carbonyl (C=O) groups is 1. The first kappa shape index (κ1) is 13.1. The van der Waals surface area contributed by atoms with Gasteiger partial charge >= 0.3 is 0 Å². The lowest BCUT2D eigenvalue weighted by Gasteiger charge is -2.28. The maximum Gasteiger partial charge on any atom is 0.238 e. The molecule has 0 saturated heterocycles. The zero-order chi connectivity index (χ0) is 12.0. The third kappa shape index (κ3) is 3.86. The highest BCUT2D eigenvalue weighted by Gasteiger charge is 2.23. The smallest absolute Gasteiger partial charge is 0.238 e. The van der Waals surface area contributed by atoms with Crippen molar-refractivity contribution in [3.8, 4) is 12.3 Å². The van der Waals surface area contributed by atoms with Gasteiger partial charge in [-0.05, 0) is 25.7 Å². The monoisotopic (exact) mass is 222 g/mol. The van der Waals surface area contributed by atoms with E-state index >= 15 is 0 Å². The van der Waals surface area contributed by atoms with Crippen molar-refractivity contribution in [1.29, 1.82) is 0 Å². The van der Waals surface area contributed by atoms with Gasteiger partial charge in [0.15, 0.2) is 0 Å². The van der Waals surface area contributed by atoms with E-state index in [0.717, 1.165) is 0 Å². The molecule has 0 radical (unpaired) electrons. The Morgan fingerprint density at radius 3 is 2.69 bits per heavy atom. The number of hydrogen-bond donors (Lipinski definition) is 2. The third-order valence-corrected chi connectivity index (χ3v) is 3.40. The molecule has 0 bridgehead atoms. The van der Waals surface area contributed by atoms with Crippen molar-refractivity contribution in [2.75, 3.05) is 0 Å². The van der Waals surface area contributed by atoms with Crippen LogP contribution >= 0.6 is 0 Å². The van der Waals surface area contributed by atoms with Crippen LogP contribution in [0.25, 0.3) is 0 Å². The molecule has 3 N–H and O–H groups in total. The Balaban J connectivity index is 2.35. The predicted octanol–water partition coefficient (Wildman–Crippen LogP) is 1.42. The normalized spacial score (nSPS) is 20.8. The molecule has 1 saturated carbocycles. The largest absolute Gasteiger partial charge is 0.352 e. The highest BCUT2D eigenvalue weighted by molar-refractivity contribution is 5.82. The van der Waals surface area contributed by atoms with Gasteiger partial charge in [0.05, 0.1) is 6.04 Å². The van der Waals surface area contributed by atoms with Gasteiger partial charge in [-0.3, -0.25) is 4.79 Å². The number of nitrogens with one attached hydrogen (secondary N) is 1. The molecular weight excluding hydrogens is 200 g/mol. The highest BCUT2D eigenvalue weighted by Crippen LogP contribution is 2.26. The average Bonchev–Trinajstić information content (AvgIpc) is 2.30. The number of carbonyl (C=O) groups excluding carboxylic acids is 1. The minimum Gasteiger partial charge on any atom is -0.352 e. The molecule has 1 aliphatic carbocycles. The molecule has 1 unspecified atom stereocenters. The van der Waals surface area contributed by atoms with Crippen molar-refractivity contribution in [3.63, 3.8) is 0 Å². The van der Waals surface area contributed by atoms with E-state index in [1.165, 1.54) is 32.1 Å². The van der Waals surface area contributed by atoms with Crippen LogP contribution in [0.5, 0.6) is 0 Å². The summed E-state index contributed by atoms with van der Waals surface area (Å²) in [6, 6.07) is -0.340. The van der Waals surface area contributed by atoms with Crippen molar-refractivity contribution >= 4 is 5.91 Å². The first-order valence-corrected chi connectivity index (χ1v) is 6.14. The molecule has 1 amide bonds. The second-order valence-electron chi connectivity index (χ2n) is 4.71. The Labute approximate surface area is 98.2 Å². The Hall–Kier alpha value is -1.01. The van der Waals surface area contributed by atoms with E-state index in [4.69, 9.17) is 12.2 Å². The fourth-order valence-electron chi connectivity index (χ4n) is 2.30.